The molecule has 160 valence electrons. The number of aryl methyl sites for hydroxylation is 1. The standard InChI is InChI=1S/C26H26O5/c1-17-6-8-18(9-7-17)10-11-19-12-23(30-4)16-24(31-5)25(19)26(27)20-13-21(28-2)15-22(14-20)29-3/h6-16H,1-5H3/b11-10+. The number of ketones is 1. The zero-order chi connectivity index (χ0) is 22.4. The van der Waals surface area contributed by atoms with Crippen LogP contribution >= 0.6 is 0 Å². The van der Waals surface area contributed by atoms with Crippen molar-refractivity contribution < 1.29 is 23.7 Å². The molecule has 0 bridgehead atoms. The summed E-state index contributed by atoms with van der Waals surface area (Å²) in [5.74, 6) is 1.88. The van der Waals surface area contributed by atoms with Crippen molar-refractivity contribution in [3.63, 3.8) is 0 Å². The van der Waals surface area contributed by atoms with Crippen LogP contribution in [-0.2, 0) is 0 Å². The van der Waals surface area contributed by atoms with Gasteiger partial charge in [0.05, 0.1) is 34.0 Å². The van der Waals surface area contributed by atoms with E-state index in [-0.39, 0.29) is 5.78 Å². The van der Waals surface area contributed by atoms with E-state index in [1.165, 1.54) is 12.7 Å². The van der Waals surface area contributed by atoms with Gasteiger partial charge in [-0.1, -0.05) is 42.0 Å². The Hall–Kier alpha value is -3.73. The summed E-state index contributed by atoms with van der Waals surface area (Å²) in [6, 6.07) is 16.7. The number of ether oxygens (including phenoxy) is 4. The Morgan fingerprint density at radius 3 is 1.84 bits per heavy atom. The van der Waals surface area contributed by atoms with Crippen molar-refractivity contribution in [2.24, 2.45) is 0 Å². The fourth-order valence-corrected chi connectivity index (χ4v) is 3.21. The van der Waals surface area contributed by atoms with Gasteiger partial charge in [0.15, 0.2) is 5.78 Å². The molecule has 3 aromatic carbocycles. The van der Waals surface area contributed by atoms with E-state index in [1.807, 2.05) is 49.4 Å². The summed E-state index contributed by atoms with van der Waals surface area (Å²) in [5, 5.41) is 0. The lowest BCUT2D eigenvalue weighted by atomic mass is 9.95. The lowest BCUT2D eigenvalue weighted by molar-refractivity contribution is 0.103. The van der Waals surface area contributed by atoms with Crippen LogP contribution in [0.1, 0.15) is 32.6 Å². The van der Waals surface area contributed by atoms with E-state index in [4.69, 9.17) is 18.9 Å². The summed E-state index contributed by atoms with van der Waals surface area (Å²) < 4.78 is 21.6. The van der Waals surface area contributed by atoms with Gasteiger partial charge < -0.3 is 18.9 Å². The zero-order valence-electron chi connectivity index (χ0n) is 18.4. The summed E-state index contributed by atoms with van der Waals surface area (Å²) in [4.78, 5) is 13.6. The normalized spacial score (nSPS) is 10.7. The van der Waals surface area contributed by atoms with Gasteiger partial charge in [-0.05, 0) is 36.2 Å². The Bertz CT molecular complexity index is 1080. The highest BCUT2D eigenvalue weighted by atomic mass is 16.5. The van der Waals surface area contributed by atoms with Gasteiger partial charge >= 0.3 is 0 Å². The summed E-state index contributed by atoms with van der Waals surface area (Å²) in [5.41, 5.74) is 3.76. The molecule has 31 heavy (non-hydrogen) atoms. The van der Waals surface area contributed by atoms with Crippen molar-refractivity contribution in [2.75, 3.05) is 28.4 Å². The Kier molecular flexibility index (Phi) is 6.98. The summed E-state index contributed by atoms with van der Waals surface area (Å²) >= 11 is 0. The molecule has 0 aromatic heterocycles. The number of hydrogen-bond acceptors (Lipinski definition) is 5. The van der Waals surface area contributed by atoms with Gasteiger partial charge in [-0.25, -0.2) is 0 Å². The number of methoxy groups -OCH3 is 4. The Balaban J connectivity index is 2.13. The van der Waals surface area contributed by atoms with Crippen molar-refractivity contribution in [2.45, 2.75) is 6.92 Å². The first-order chi connectivity index (χ1) is 15.0. The largest absolute Gasteiger partial charge is 0.497 e. The summed E-state index contributed by atoms with van der Waals surface area (Å²) in [7, 11) is 6.21. The van der Waals surface area contributed by atoms with Crippen LogP contribution in [0.5, 0.6) is 23.0 Å². The molecule has 0 aliphatic carbocycles. The van der Waals surface area contributed by atoms with Crippen LogP contribution in [0.4, 0.5) is 0 Å². The van der Waals surface area contributed by atoms with Crippen LogP contribution < -0.4 is 18.9 Å². The van der Waals surface area contributed by atoms with Crippen LogP contribution in [0.3, 0.4) is 0 Å². The van der Waals surface area contributed by atoms with Crippen molar-refractivity contribution in [3.05, 3.63) is 82.4 Å². The smallest absolute Gasteiger partial charge is 0.197 e. The Labute approximate surface area is 182 Å². The molecule has 0 spiro atoms. The SMILES string of the molecule is COc1cc(OC)cc(C(=O)c2c(/C=C/c3ccc(C)cc3)cc(OC)cc2OC)c1. The van der Waals surface area contributed by atoms with E-state index in [0.29, 0.717) is 39.7 Å². The molecule has 0 amide bonds. The lowest BCUT2D eigenvalue weighted by Gasteiger charge is -2.14. The van der Waals surface area contributed by atoms with E-state index < -0.39 is 0 Å². The third-order valence-corrected chi connectivity index (χ3v) is 4.94. The molecule has 3 aromatic rings. The number of hydrogen-bond donors (Lipinski definition) is 0. The van der Waals surface area contributed by atoms with E-state index in [2.05, 4.69) is 0 Å². The maximum absolute atomic E-state index is 13.6. The number of carbonyl (C=O) groups excluding carboxylic acids is 1. The fraction of sp³-hybridized carbons (Fsp3) is 0.192. The minimum absolute atomic E-state index is 0.208. The first kappa shape index (κ1) is 22.0. The average molecular weight is 418 g/mol. The molecular formula is C26H26O5. The van der Waals surface area contributed by atoms with E-state index in [9.17, 15) is 4.79 Å². The predicted molar refractivity (Wildman–Crippen MR) is 123 cm³/mol. The lowest BCUT2D eigenvalue weighted by Crippen LogP contribution is -2.08. The fourth-order valence-electron chi connectivity index (χ4n) is 3.21. The Morgan fingerprint density at radius 1 is 0.710 bits per heavy atom. The van der Waals surface area contributed by atoms with Gasteiger partial charge in [0, 0.05) is 17.7 Å². The van der Waals surface area contributed by atoms with E-state index >= 15 is 0 Å². The molecule has 0 fully saturated rings. The van der Waals surface area contributed by atoms with Gasteiger partial charge in [0.1, 0.15) is 23.0 Å². The molecule has 0 saturated heterocycles. The molecule has 0 aliphatic rings. The van der Waals surface area contributed by atoms with Gasteiger partial charge in [0.25, 0.3) is 0 Å². The highest BCUT2D eigenvalue weighted by Gasteiger charge is 2.21. The second kappa shape index (κ2) is 9.85. The van der Waals surface area contributed by atoms with Crippen molar-refractivity contribution >= 4 is 17.9 Å². The van der Waals surface area contributed by atoms with Crippen LogP contribution in [0.15, 0.2) is 54.6 Å². The number of rotatable bonds is 8. The number of benzene rings is 3. The molecule has 0 N–H and O–H groups in total. The van der Waals surface area contributed by atoms with Crippen LogP contribution in [0.25, 0.3) is 12.2 Å². The quantitative estimate of drug-likeness (QED) is 0.361. The van der Waals surface area contributed by atoms with Gasteiger partial charge in [-0.15, -0.1) is 0 Å². The monoisotopic (exact) mass is 418 g/mol. The predicted octanol–water partition coefficient (Wildman–Crippen LogP) is 5.43. The van der Waals surface area contributed by atoms with Crippen LogP contribution in [0.2, 0.25) is 0 Å². The van der Waals surface area contributed by atoms with Crippen molar-refractivity contribution in [1.29, 1.82) is 0 Å². The zero-order valence-corrected chi connectivity index (χ0v) is 18.4. The second-order valence-electron chi connectivity index (χ2n) is 6.97. The first-order valence-corrected chi connectivity index (χ1v) is 9.77. The van der Waals surface area contributed by atoms with Crippen molar-refractivity contribution in [3.8, 4) is 23.0 Å². The maximum atomic E-state index is 13.6. The van der Waals surface area contributed by atoms with Crippen molar-refractivity contribution in [1.82, 2.24) is 0 Å². The van der Waals surface area contributed by atoms with Gasteiger partial charge in [0.2, 0.25) is 0 Å². The summed E-state index contributed by atoms with van der Waals surface area (Å²) in [6.45, 7) is 2.04. The maximum Gasteiger partial charge on any atom is 0.197 e. The highest BCUT2D eigenvalue weighted by Crippen LogP contribution is 2.34. The molecule has 3 rings (SSSR count). The molecule has 5 nitrogen and oxygen atoms in total. The highest BCUT2D eigenvalue weighted by molar-refractivity contribution is 6.13. The topological polar surface area (TPSA) is 54.0 Å². The third kappa shape index (κ3) is 5.07. The van der Waals surface area contributed by atoms with Gasteiger partial charge in [-0.2, -0.15) is 0 Å². The molecular weight excluding hydrogens is 392 g/mol. The molecule has 0 aliphatic heterocycles. The molecule has 0 unspecified atom stereocenters. The van der Waals surface area contributed by atoms with E-state index in [1.54, 1.807) is 45.6 Å². The van der Waals surface area contributed by atoms with Crippen LogP contribution in [0, 0.1) is 6.92 Å². The van der Waals surface area contributed by atoms with Gasteiger partial charge in [-0.3, -0.25) is 4.79 Å². The van der Waals surface area contributed by atoms with Crippen LogP contribution in [-0.4, -0.2) is 34.2 Å². The van der Waals surface area contributed by atoms with E-state index in [0.717, 1.165) is 5.56 Å². The minimum Gasteiger partial charge on any atom is -0.497 e. The third-order valence-electron chi connectivity index (χ3n) is 4.94. The Morgan fingerprint density at radius 2 is 1.29 bits per heavy atom. The minimum atomic E-state index is -0.208. The summed E-state index contributed by atoms with van der Waals surface area (Å²) in [6.07, 6.45) is 3.84. The molecule has 0 saturated carbocycles. The molecule has 5 heteroatoms. The molecule has 0 atom stereocenters. The average Bonchev–Trinajstić information content (AvgIpc) is 2.82. The molecule has 0 heterocycles. The second-order valence-corrected chi connectivity index (χ2v) is 6.97. The first-order valence-electron chi connectivity index (χ1n) is 9.77. The number of carbonyl (C=O) groups is 1. The molecule has 0 radical (unpaired) electrons.